The third kappa shape index (κ3) is 7.42. The third-order valence-electron chi connectivity index (χ3n) is 17.7. The summed E-state index contributed by atoms with van der Waals surface area (Å²) in [5.41, 5.74) is 21.0. The molecule has 0 unspecified atom stereocenters. The van der Waals surface area contributed by atoms with E-state index in [2.05, 4.69) is 274 Å². The van der Waals surface area contributed by atoms with Gasteiger partial charge in [0.1, 0.15) is 46.0 Å². The average molecular weight is 1140 g/mol. The number of hydrogen-bond donors (Lipinski definition) is 0. The number of para-hydroxylation sites is 7. The molecule has 12 aromatic rings. The first-order valence-corrected chi connectivity index (χ1v) is 30.5. The van der Waals surface area contributed by atoms with E-state index in [1.54, 1.807) is 11.9 Å². The third-order valence-corrected chi connectivity index (χ3v) is 18.7. The van der Waals surface area contributed by atoms with Crippen LogP contribution in [0.15, 0.2) is 261 Å². The molecule has 13 heteroatoms. The summed E-state index contributed by atoms with van der Waals surface area (Å²) in [6, 6.07) is 92.2. The van der Waals surface area contributed by atoms with E-state index in [4.69, 9.17) is 30.5 Å². The molecule has 6 heterocycles. The molecule has 0 aliphatic carbocycles. The van der Waals surface area contributed by atoms with E-state index in [1.165, 1.54) is 0 Å². The predicted octanol–water partition coefficient (Wildman–Crippen LogP) is 13.8. The lowest BCUT2D eigenvalue weighted by Crippen LogP contribution is -2.64. The zero-order valence-electron chi connectivity index (χ0n) is 46.3. The molecule has 0 fully saturated rings. The number of nitrogens with zero attached hydrogens (tertiary/aromatic N) is 4. The topological polar surface area (TPSA) is 49.9 Å². The van der Waals surface area contributed by atoms with Gasteiger partial charge in [0.05, 0.1) is 22.7 Å². The average Bonchev–Trinajstić information content (AvgIpc) is 0.797. The van der Waals surface area contributed by atoms with Crippen LogP contribution in [0.4, 0.5) is 62.6 Å². The summed E-state index contributed by atoms with van der Waals surface area (Å²) in [6.07, 6.45) is 2.15. The number of hydrogen-bond acceptors (Lipinski definition) is 9. The smallest absolute Gasteiger partial charge is 0.260 e. The van der Waals surface area contributed by atoms with Crippen molar-refractivity contribution < 1.29 is 18.9 Å². The van der Waals surface area contributed by atoms with Gasteiger partial charge in [0.15, 0.2) is 0 Å². The van der Waals surface area contributed by atoms with Crippen LogP contribution in [0.5, 0.6) is 46.0 Å². The van der Waals surface area contributed by atoms with Gasteiger partial charge in [-0.05, 0) is 153 Å². The Morgan fingerprint density at radius 3 is 1.19 bits per heavy atom. The Bertz CT molecular complexity index is 4700. The van der Waals surface area contributed by atoms with Crippen molar-refractivity contribution in [2.75, 3.05) is 25.3 Å². The summed E-state index contributed by atoms with van der Waals surface area (Å²) in [7, 11) is 0. The maximum atomic E-state index is 7.26. The molecule has 0 amide bonds. The van der Waals surface area contributed by atoms with Gasteiger partial charge in [0.2, 0.25) is 0 Å². The van der Waals surface area contributed by atoms with Crippen molar-refractivity contribution >= 4 is 155 Å². The molecule has 404 valence electrons. The van der Waals surface area contributed by atoms with Gasteiger partial charge >= 0.3 is 0 Å². The minimum absolute atomic E-state index is 0.170. The Labute approximate surface area is 508 Å². The zero-order valence-corrected chi connectivity index (χ0v) is 47.8. The van der Waals surface area contributed by atoms with E-state index in [1.807, 2.05) is 12.1 Å². The van der Waals surface area contributed by atoms with Crippen LogP contribution in [0.25, 0.3) is 0 Å². The molecule has 0 spiro atoms. The number of halogens is 1. The summed E-state index contributed by atoms with van der Waals surface area (Å²) in [6.45, 7) is -0.680. The number of fused-ring (bicyclic) bond motifs is 12. The summed E-state index contributed by atoms with van der Waals surface area (Å²) in [5, 5.41) is 0.528. The fourth-order valence-electron chi connectivity index (χ4n) is 14.3. The molecule has 0 saturated heterocycles. The van der Waals surface area contributed by atoms with Crippen LogP contribution in [0.2, 0.25) is 5.02 Å². The Morgan fingerprint density at radius 2 is 0.698 bits per heavy atom. The van der Waals surface area contributed by atoms with Gasteiger partial charge in [-0.3, -0.25) is 4.31 Å². The number of anilines is 11. The fraction of sp³-hybridized carbons (Fsp3) is 0.0137. The highest BCUT2D eigenvalue weighted by molar-refractivity contribution is 8.00. The molecule has 0 N–H and O–H groups in total. The molecule has 0 radical (unpaired) electrons. The fourth-order valence-corrected chi connectivity index (χ4v) is 15.2. The van der Waals surface area contributed by atoms with Crippen molar-refractivity contribution in [1.29, 1.82) is 0 Å². The maximum Gasteiger partial charge on any atom is 0.260 e. The monoisotopic (exact) mass is 1140 g/mol. The van der Waals surface area contributed by atoms with E-state index in [0.29, 0.717) is 16.5 Å². The first-order chi connectivity index (χ1) is 42.5. The number of benzene rings is 12. The van der Waals surface area contributed by atoms with Gasteiger partial charge < -0.3 is 33.6 Å². The van der Waals surface area contributed by atoms with Crippen molar-refractivity contribution in [2.24, 2.45) is 0 Å². The van der Waals surface area contributed by atoms with E-state index in [-0.39, 0.29) is 20.1 Å². The summed E-state index contributed by atoms with van der Waals surface area (Å²) >= 11 is 8.81. The Hall–Kier alpha value is -10.1. The van der Waals surface area contributed by atoms with E-state index < -0.39 is 0 Å². The van der Waals surface area contributed by atoms with E-state index >= 15 is 0 Å². The Balaban J connectivity index is 0.853. The lowest BCUT2D eigenvalue weighted by molar-refractivity contribution is 0.465. The summed E-state index contributed by atoms with van der Waals surface area (Å²) in [5.74, 6) is 6.14. The molecular weight excluding hydrogens is 1100 g/mol. The maximum absolute atomic E-state index is 7.26. The molecule has 86 heavy (non-hydrogen) atoms. The van der Waals surface area contributed by atoms with Gasteiger partial charge in [-0.15, -0.1) is 0 Å². The number of ether oxygens (including phenoxy) is 4. The second-order valence-corrected chi connectivity index (χ2v) is 23.6. The SMILES string of the molecule is CSN1c2cc3c(cc2B2c4ccccc4Oc4cc(N(c5ccccc5)c5ccccc5)cc1c42)B1c2cc4c(cc2Oc2cc(Cl)cc(c21)O3)N(c1ccccc1)c1cc(N(c2ccccc2)c2ccccc2)cc2c1B4c1ccccc1O2. The molecule has 0 bridgehead atoms. The van der Waals surface area contributed by atoms with E-state index in [9.17, 15) is 0 Å². The van der Waals surface area contributed by atoms with Gasteiger partial charge in [0.25, 0.3) is 20.1 Å². The summed E-state index contributed by atoms with van der Waals surface area (Å²) in [4.78, 5) is 7.01. The first kappa shape index (κ1) is 49.3. The highest BCUT2D eigenvalue weighted by Crippen LogP contribution is 2.50. The quantitative estimate of drug-likeness (QED) is 0.109. The van der Waals surface area contributed by atoms with Crippen LogP contribution in [0.1, 0.15) is 0 Å². The van der Waals surface area contributed by atoms with Crippen LogP contribution in [-0.2, 0) is 0 Å². The van der Waals surface area contributed by atoms with Crippen molar-refractivity contribution in [2.45, 2.75) is 0 Å². The van der Waals surface area contributed by atoms with Crippen LogP contribution >= 0.6 is 23.5 Å². The van der Waals surface area contributed by atoms with Crippen molar-refractivity contribution in [1.82, 2.24) is 0 Å². The molecule has 18 rings (SSSR count). The van der Waals surface area contributed by atoms with E-state index in [0.717, 1.165) is 146 Å². The van der Waals surface area contributed by atoms with Crippen LogP contribution < -0.4 is 87.1 Å². The van der Waals surface area contributed by atoms with Crippen molar-refractivity contribution in [3.63, 3.8) is 0 Å². The largest absolute Gasteiger partial charge is 0.458 e. The van der Waals surface area contributed by atoms with Gasteiger partial charge in [-0.1, -0.05) is 151 Å². The van der Waals surface area contributed by atoms with Crippen LogP contribution in [0.3, 0.4) is 0 Å². The Kier molecular flexibility index (Phi) is 11.0. The number of rotatable bonds is 8. The molecule has 6 aliphatic rings. The second-order valence-electron chi connectivity index (χ2n) is 22.4. The van der Waals surface area contributed by atoms with Gasteiger partial charge in [-0.2, -0.15) is 0 Å². The highest BCUT2D eigenvalue weighted by Gasteiger charge is 2.49. The molecule has 0 saturated carbocycles. The normalized spacial score (nSPS) is 13.5. The lowest BCUT2D eigenvalue weighted by Gasteiger charge is -2.43. The van der Waals surface area contributed by atoms with Crippen LogP contribution in [-0.4, -0.2) is 26.4 Å². The molecule has 0 atom stereocenters. The van der Waals surface area contributed by atoms with Crippen molar-refractivity contribution in [3.05, 3.63) is 266 Å². The minimum atomic E-state index is -0.305. The minimum Gasteiger partial charge on any atom is -0.458 e. The standard InChI is InChI=1S/C73H46B3ClN4O4S/c1-86-81-60-44-66-58(42-56(60)75-54-32-18-20-34-64(54)83-70-40-52(38-62(81)72(70)75)79(48-25-11-4-12-26-48)49-27-13-5-14-28-49)76-57-41-55-59(43-65(57)84-67-35-45(77)36-68(85-66)73(67)76)80(50-29-15-6-16-30-50)61-37-51(39-69-71(61)74(55)53-31-17-19-33-63(53)82-69)78(46-21-7-2-8-22-46)47-23-9-3-10-24-47/h2-44H,1H3. The molecule has 8 nitrogen and oxygen atoms in total. The highest BCUT2D eigenvalue weighted by atomic mass is 35.5. The lowest BCUT2D eigenvalue weighted by atomic mass is 9.30. The van der Waals surface area contributed by atoms with Gasteiger partial charge in [-0.25, -0.2) is 0 Å². The second kappa shape index (κ2) is 19.2. The first-order valence-electron chi connectivity index (χ1n) is 29.0. The molecule has 12 aromatic carbocycles. The predicted molar refractivity (Wildman–Crippen MR) is 358 cm³/mol. The van der Waals surface area contributed by atoms with Gasteiger partial charge in [0, 0.05) is 80.8 Å². The molecule has 6 aliphatic heterocycles. The van der Waals surface area contributed by atoms with Crippen molar-refractivity contribution in [3.8, 4) is 46.0 Å². The Morgan fingerprint density at radius 1 is 0.314 bits per heavy atom. The molecule has 0 aromatic heterocycles. The molecular formula is C73H46B3ClN4O4S. The van der Waals surface area contributed by atoms with Crippen LogP contribution in [0, 0.1) is 0 Å². The zero-order chi connectivity index (χ0) is 56.7. The summed E-state index contributed by atoms with van der Waals surface area (Å²) < 4.78 is 31.1.